The fraction of sp³-hybridized carbons (Fsp3) is 0.375. The second-order valence-electron chi connectivity index (χ2n) is 4.88. The zero-order chi connectivity index (χ0) is 15.9. The number of anilines is 1. The van der Waals surface area contributed by atoms with Crippen LogP contribution in [-0.4, -0.2) is 18.1 Å². The fourth-order valence-electron chi connectivity index (χ4n) is 1.93. The molecule has 1 heterocycles. The summed E-state index contributed by atoms with van der Waals surface area (Å²) in [6, 6.07) is 7.39. The van der Waals surface area contributed by atoms with Crippen LogP contribution in [0.3, 0.4) is 0 Å². The maximum absolute atomic E-state index is 11.9. The third kappa shape index (κ3) is 4.54. The van der Waals surface area contributed by atoms with Gasteiger partial charge in [0.1, 0.15) is 5.01 Å². The Balaban J connectivity index is 1.89. The lowest BCUT2D eigenvalue weighted by atomic mass is 10.1. The van der Waals surface area contributed by atoms with Gasteiger partial charge in [-0.2, -0.15) is 0 Å². The average Bonchev–Trinajstić information content (AvgIpc) is 3.00. The standard InChI is InChI=1S/C16H21N3O2S/c1-4-14-9-17-15(22-14)10-18-16(20)19-13-7-5-6-12(8-13)11(2)21-3/h5-9,11H,4,10H2,1-3H3,(H2,18,19,20). The SMILES string of the molecule is CCc1cnc(CNC(=O)Nc2cccc(C(C)OC)c2)s1. The number of hydrogen-bond acceptors (Lipinski definition) is 4. The van der Waals surface area contributed by atoms with Crippen LogP contribution in [0.2, 0.25) is 0 Å². The van der Waals surface area contributed by atoms with Crippen LogP contribution in [-0.2, 0) is 17.7 Å². The molecule has 1 atom stereocenters. The summed E-state index contributed by atoms with van der Waals surface area (Å²) in [5.41, 5.74) is 1.76. The van der Waals surface area contributed by atoms with Crippen molar-refractivity contribution in [3.05, 3.63) is 45.9 Å². The molecule has 0 saturated carbocycles. The maximum atomic E-state index is 11.9. The number of methoxy groups -OCH3 is 1. The van der Waals surface area contributed by atoms with Crippen LogP contribution < -0.4 is 10.6 Å². The zero-order valence-corrected chi connectivity index (χ0v) is 13.9. The molecule has 5 nitrogen and oxygen atoms in total. The highest BCUT2D eigenvalue weighted by molar-refractivity contribution is 7.11. The fourth-order valence-corrected chi connectivity index (χ4v) is 2.73. The van der Waals surface area contributed by atoms with E-state index in [-0.39, 0.29) is 12.1 Å². The molecule has 0 aliphatic carbocycles. The van der Waals surface area contributed by atoms with Crippen molar-refractivity contribution in [1.82, 2.24) is 10.3 Å². The second kappa shape index (κ2) is 7.91. The first-order valence-electron chi connectivity index (χ1n) is 7.23. The molecule has 2 N–H and O–H groups in total. The third-order valence-corrected chi connectivity index (χ3v) is 4.46. The third-order valence-electron chi connectivity index (χ3n) is 3.32. The van der Waals surface area contributed by atoms with E-state index >= 15 is 0 Å². The molecular weight excluding hydrogens is 298 g/mol. The average molecular weight is 319 g/mol. The minimum atomic E-state index is -0.240. The summed E-state index contributed by atoms with van der Waals surface area (Å²) < 4.78 is 5.28. The number of aryl methyl sites for hydroxylation is 1. The molecule has 6 heteroatoms. The van der Waals surface area contributed by atoms with Gasteiger partial charge < -0.3 is 15.4 Å². The lowest BCUT2D eigenvalue weighted by Crippen LogP contribution is -2.28. The molecule has 0 fully saturated rings. The number of thiazole rings is 1. The molecule has 0 saturated heterocycles. The first-order valence-corrected chi connectivity index (χ1v) is 8.05. The van der Waals surface area contributed by atoms with Crippen molar-refractivity contribution in [3.63, 3.8) is 0 Å². The summed E-state index contributed by atoms with van der Waals surface area (Å²) in [6.45, 7) is 4.49. The van der Waals surface area contributed by atoms with Crippen LogP contribution >= 0.6 is 11.3 Å². The molecule has 1 unspecified atom stereocenters. The smallest absolute Gasteiger partial charge is 0.319 e. The number of rotatable bonds is 6. The normalized spacial score (nSPS) is 12.0. The molecule has 2 rings (SSSR count). The van der Waals surface area contributed by atoms with Gasteiger partial charge in [-0.15, -0.1) is 11.3 Å². The van der Waals surface area contributed by atoms with Crippen molar-refractivity contribution in [1.29, 1.82) is 0 Å². The number of aromatic nitrogens is 1. The molecule has 0 spiro atoms. The predicted molar refractivity (Wildman–Crippen MR) is 89.2 cm³/mol. The van der Waals surface area contributed by atoms with Crippen molar-refractivity contribution < 1.29 is 9.53 Å². The molecular formula is C16H21N3O2S. The van der Waals surface area contributed by atoms with Crippen molar-refractivity contribution in [2.75, 3.05) is 12.4 Å². The Kier molecular flexibility index (Phi) is 5.91. The number of nitrogens with zero attached hydrogens (tertiary/aromatic N) is 1. The molecule has 22 heavy (non-hydrogen) atoms. The Morgan fingerprint density at radius 2 is 2.27 bits per heavy atom. The lowest BCUT2D eigenvalue weighted by molar-refractivity contribution is 0.119. The number of ether oxygens (including phenoxy) is 1. The molecule has 2 amide bonds. The Bertz CT molecular complexity index is 627. The molecule has 118 valence electrons. The minimum absolute atomic E-state index is 0.00686. The number of nitrogens with one attached hydrogen (secondary N) is 2. The zero-order valence-electron chi connectivity index (χ0n) is 13.1. The first-order chi connectivity index (χ1) is 10.6. The molecule has 0 aliphatic heterocycles. The van der Waals surface area contributed by atoms with Crippen LogP contribution in [0.1, 0.15) is 35.4 Å². The van der Waals surface area contributed by atoms with E-state index in [4.69, 9.17) is 4.74 Å². The van der Waals surface area contributed by atoms with Gasteiger partial charge >= 0.3 is 6.03 Å². The van der Waals surface area contributed by atoms with Gasteiger partial charge in [-0.3, -0.25) is 0 Å². The van der Waals surface area contributed by atoms with Crippen molar-refractivity contribution >= 4 is 23.1 Å². The van der Waals surface area contributed by atoms with Gasteiger partial charge in [0, 0.05) is 23.9 Å². The maximum Gasteiger partial charge on any atom is 0.319 e. The number of amides is 2. The highest BCUT2D eigenvalue weighted by Gasteiger charge is 2.07. The number of carbonyl (C=O) groups is 1. The number of benzene rings is 1. The van der Waals surface area contributed by atoms with Gasteiger partial charge in [0.25, 0.3) is 0 Å². The topological polar surface area (TPSA) is 63.2 Å². The summed E-state index contributed by atoms with van der Waals surface area (Å²) in [6.07, 6.45) is 2.82. The highest BCUT2D eigenvalue weighted by atomic mass is 32.1. The number of hydrogen-bond donors (Lipinski definition) is 2. The van der Waals surface area contributed by atoms with E-state index in [0.717, 1.165) is 22.7 Å². The predicted octanol–water partition coefficient (Wildman–Crippen LogP) is 3.73. The van der Waals surface area contributed by atoms with Crippen LogP contribution in [0.25, 0.3) is 0 Å². The largest absolute Gasteiger partial charge is 0.377 e. The van der Waals surface area contributed by atoms with Crippen molar-refractivity contribution in [3.8, 4) is 0 Å². The Morgan fingerprint density at radius 3 is 2.95 bits per heavy atom. The van der Waals surface area contributed by atoms with Gasteiger partial charge in [-0.25, -0.2) is 9.78 Å². The Labute approximate surface area is 134 Å². The summed E-state index contributed by atoms with van der Waals surface area (Å²) >= 11 is 1.62. The summed E-state index contributed by atoms with van der Waals surface area (Å²) in [5, 5.41) is 6.55. The van der Waals surface area contributed by atoms with Gasteiger partial charge in [0.2, 0.25) is 0 Å². The van der Waals surface area contributed by atoms with E-state index < -0.39 is 0 Å². The van der Waals surface area contributed by atoms with Gasteiger partial charge in [0.05, 0.1) is 12.6 Å². The quantitative estimate of drug-likeness (QED) is 0.852. The van der Waals surface area contributed by atoms with E-state index in [1.165, 1.54) is 4.88 Å². The van der Waals surface area contributed by atoms with Gasteiger partial charge in [0.15, 0.2) is 0 Å². The van der Waals surface area contributed by atoms with Gasteiger partial charge in [-0.1, -0.05) is 19.1 Å². The first kappa shape index (κ1) is 16.5. The van der Waals surface area contributed by atoms with E-state index in [2.05, 4.69) is 22.5 Å². The molecule has 0 radical (unpaired) electrons. The molecule has 0 aliphatic rings. The van der Waals surface area contributed by atoms with E-state index in [0.29, 0.717) is 6.54 Å². The summed E-state index contributed by atoms with van der Waals surface area (Å²) in [5.74, 6) is 0. The Hall–Kier alpha value is -1.92. The van der Waals surface area contributed by atoms with Crippen molar-refractivity contribution in [2.45, 2.75) is 32.9 Å². The minimum Gasteiger partial charge on any atom is -0.377 e. The van der Waals surface area contributed by atoms with E-state index in [9.17, 15) is 4.79 Å². The van der Waals surface area contributed by atoms with Crippen LogP contribution in [0.4, 0.5) is 10.5 Å². The van der Waals surface area contributed by atoms with E-state index in [1.807, 2.05) is 37.4 Å². The molecule has 1 aromatic carbocycles. The van der Waals surface area contributed by atoms with E-state index in [1.54, 1.807) is 18.4 Å². The molecule has 0 bridgehead atoms. The number of urea groups is 1. The van der Waals surface area contributed by atoms with Crippen molar-refractivity contribution in [2.24, 2.45) is 0 Å². The van der Waals surface area contributed by atoms with Crippen LogP contribution in [0.5, 0.6) is 0 Å². The second-order valence-corrected chi connectivity index (χ2v) is 6.08. The Morgan fingerprint density at radius 1 is 1.45 bits per heavy atom. The summed E-state index contributed by atoms with van der Waals surface area (Å²) in [4.78, 5) is 17.4. The molecule has 2 aromatic rings. The number of carbonyl (C=O) groups excluding carboxylic acids is 1. The lowest BCUT2D eigenvalue weighted by Gasteiger charge is -2.12. The molecule has 1 aromatic heterocycles. The monoisotopic (exact) mass is 319 g/mol. The van der Waals surface area contributed by atoms with Gasteiger partial charge in [-0.05, 0) is 31.0 Å². The van der Waals surface area contributed by atoms with Crippen LogP contribution in [0.15, 0.2) is 30.5 Å². The van der Waals surface area contributed by atoms with Crippen LogP contribution in [0, 0.1) is 0 Å². The summed E-state index contributed by atoms with van der Waals surface area (Å²) in [7, 11) is 1.66. The highest BCUT2D eigenvalue weighted by Crippen LogP contribution is 2.19.